The highest BCUT2D eigenvalue weighted by atomic mass is 16.5. The van der Waals surface area contributed by atoms with Crippen LogP contribution in [0.15, 0.2) is 18.2 Å². The minimum absolute atomic E-state index is 0.0495. The molecular formula is C16H24N2O3. The molecule has 1 fully saturated rings. The van der Waals surface area contributed by atoms with Gasteiger partial charge in [-0.15, -0.1) is 0 Å². The maximum atomic E-state index is 12.4. The van der Waals surface area contributed by atoms with Crippen LogP contribution in [0.25, 0.3) is 0 Å². The Hall–Kier alpha value is -1.75. The topological polar surface area (TPSA) is 64.8 Å². The fraction of sp³-hybridized carbons (Fsp3) is 0.562. The van der Waals surface area contributed by atoms with E-state index in [0.717, 1.165) is 37.2 Å². The first kappa shape index (κ1) is 15.6. The van der Waals surface area contributed by atoms with Crippen molar-refractivity contribution in [2.45, 2.75) is 38.8 Å². The molecular weight excluding hydrogens is 268 g/mol. The van der Waals surface area contributed by atoms with Crippen LogP contribution in [0.1, 0.15) is 31.7 Å². The summed E-state index contributed by atoms with van der Waals surface area (Å²) in [6.45, 7) is 3.80. The molecule has 0 saturated carbocycles. The largest absolute Gasteiger partial charge is 0.497 e. The SMILES string of the molecule is COc1ccc(OC(C)C(=O)N2CCCCC2)c(CN)c1. The van der Waals surface area contributed by atoms with Crippen LogP contribution in [0.3, 0.4) is 0 Å². The lowest BCUT2D eigenvalue weighted by molar-refractivity contribution is -0.138. The summed E-state index contributed by atoms with van der Waals surface area (Å²) in [4.78, 5) is 14.3. The van der Waals surface area contributed by atoms with Gasteiger partial charge in [0, 0.05) is 25.2 Å². The van der Waals surface area contributed by atoms with Gasteiger partial charge < -0.3 is 20.1 Å². The van der Waals surface area contributed by atoms with Crippen molar-refractivity contribution in [1.82, 2.24) is 4.90 Å². The van der Waals surface area contributed by atoms with Crippen molar-refractivity contribution in [2.24, 2.45) is 5.73 Å². The van der Waals surface area contributed by atoms with Gasteiger partial charge in [0.25, 0.3) is 5.91 Å². The van der Waals surface area contributed by atoms with Crippen molar-refractivity contribution < 1.29 is 14.3 Å². The number of nitrogens with two attached hydrogens (primary N) is 1. The van der Waals surface area contributed by atoms with E-state index in [-0.39, 0.29) is 5.91 Å². The Labute approximate surface area is 126 Å². The molecule has 2 rings (SSSR count). The number of hydrogen-bond acceptors (Lipinski definition) is 4. The summed E-state index contributed by atoms with van der Waals surface area (Å²) in [6.07, 6.45) is 2.86. The molecule has 1 saturated heterocycles. The molecule has 21 heavy (non-hydrogen) atoms. The van der Waals surface area contributed by atoms with Gasteiger partial charge >= 0.3 is 0 Å². The first-order valence-electron chi connectivity index (χ1n) is 7.48. The van der Waals surface area contributed by atoms with Gasteiger partial charge in [0.1, 0.15) is 11.5 Å². The molecule has 0 aromatic heterocycles. The zero-order chi connectivity index (χ0) is 15.2. The maximum absolute atomic E-state index is 12.4. The summed E-state index contributed by atoms with van der Waals surface area (Å²) in [5, 5.41) is 0. The predicted octanol–water partition coefficient (Wildman–Crippen LogP) is 1.93. The number of rotatable bonds is 5. The van der Waals surface area contributed by atoms with Crippen LogP contribution in [0.5, 0.6) is 11.5 Å². The molecule has 1 heterocycles. The summed E-state index contributed by atoms with van der Waals surface area (Å²) in [7, 11) is 1.61. The minimum Gasteiger partial charge on any atom is -0.497 e. The van der Waals surface area contributed by atoms with Crippen molar-refractivity contribution in [2.75, 3.05) is 20.2 Å². The van der Waals surface area contributed by atoms with Crippen molar-refractivity contribution in [3.05, 3.63) is 23.8 Å². The Kier molecular flexibility index (Phi) is 5.44. The third kappa shape index (κ3) is 3.88. The lowest BCUT2D eigenvalue weighted by atomic mass is 10.1. The zero-order valence-electron chi connectivity index (χ0n) is 12.8. The molecule has 1 unspecified atom stereocenters. The van der Waals surface area contributed by atoms with Gasteiger partial charge in [-0.2, -0.15) is 0 Å². The van der Waals surface area contributed by atoms with Gasteiger partial charge in [-0.05, 0) is 44.4 Å². The molecule has 0 bridgehead atoms. The molecule has 1 atom stereocenters. The van der Waals surface area contributed by atoms with Gasteiger partial charge in [-0.1, -0.05) is 0 Å². The lowest BCUT2D eigenvalue weighted by Crippen LogP contribution is -2.43. The second-order valence-corrected chi connectivity index (χ2v) is 5.32. The summed E-state index contributed by atoms with van der Waals surface area (Å²) < 4.78 is 11.0. The Balaban J connectivity index is 2.04. The van der Waals surface area contributed by atoms with Crippen LogP contribution in [0, 0.1) is 0 Å². The van der Waals surface area contributed by atoms with E-state index in [1.165, 1.54) is 6.42 Å². The number of piperidine rings is 1. The van der Waals surface area contributed by atoms with Crippen molar-refractivity contribution in [3.63, 3.8) is 0 Å². The smallest absolute Gasteiger partial charge is 0.263 e. The van der Waals surface area contributed by atoms with Gasteiger partial charge in [0.05, 0.1) is 7.11 Å². The molecule has 116 valence electrons. The van der Waals surface area contributed by atoms with E-state index in [1.807, 2.05) is 17.0 Å². The summed E-state index contributed by atoms with van der Waals surface area (Å²) >= 11 is 0. The number of nitrogens with zero attached hydrogens (tertiary/aromatic N) is 1. The lowest BCUT2D eigenvalue weighted by Gasteiger charge is -2.29. The summed E-state index contributed by atoms with van der Waals surface area (Å²) in [5.41, 5.74) is 6.58. The molecule has 1 aliphatic heterocycles. The normalized spacial score (nSPS) is 16.4. The summed E-state index contributed by atoms with van der Waals surface area (Å²) in [6, 6.07) is 5.46. The number of hydrogen-bond donors (Lipinski definition) is 1. The standard InChI is InChI=1S/C16H24N2O3/c1-12(16(19)18-8-4-3-5-9-18)21-15-7-6-14(20-2)10-13(15)11-17/h6-7,10,12H,3-5,8-9,11,17H2,1-2H3. The predicted molar refractivity (Wildman–Crippen MR) is 81.4 cm³/mol. The fourth-order valence-electron chi connectivity index (χ4n) is 2.57. The monoisotopic (exact) mass is 292 g/mol. The van der Waals surface area contributed by atoms with Crippen LogP contribution in [-0.2, 0) is 11.3 Å². The molecule has 1 aromatic carbocycles. The fourth-order valence-corrected chi connectivity index (χ4v) is 2.57. The van der Waals surface area contributed by atoms with Crippen molar-refractivity contribution in [1.29, 1.82) is 0 Å². The number of likely N-dealkylation sites (tertiary alicyclic amines) is 1. The first-order chi connectivity index (χ1) is 10.2. The molecule has 0 aliphatic carbocycles. The van der Waals surface area contributed by atoms with Crippen LogP contribution in [-0.4, -0.2) is 37.1 Å². The van der Waals surface area contributed by atoms with E-state index in [2.05, 4.69) is 0 Å². The number of ether oxygens (including phenoxy) is 2. The molecule has 1 aliphatic rings. The van der Waals surface area contributed by atoms with Crippen molar-refractivity contribution >= 4 is 5.91 Å². The average molecular weight is 292 g/mol. The highest BCUT2D eigenvalue weighted by molar-refractivity contribution is 5.81. The molecule has 0 spiro atoms. The molecule has 2 N–H and O–H groups in total. The Morgan fingerprint density at radius 3 is 2.67 bits per heavy atom. The summed E-state index contributed by atoms with van der Waals surface area (Å²) in [5.74, 6) is 1.43. The Morgan fingerprint density at radius 2 is 2.05 bits per heavy atom. The van der Waals surface area contributed by atoms with E-state index in [4.69, 9.17) is 15.2 Å². The quantitative estimate of drug-likeness (QED) is 0.900. The van der Waals surface area contributed by atoms with Gasteiger partial charge in [0.2, 0.25) is 0 Å². The Morgan fingerprint density at radius 1 is 1.33 bits per heavy atom. The van der Waals surface area contributed by atoms with E-state index in [0.29, 0.717) is 12.3 Å². The number of carbonyl (C=O) groups excluding carboxylic acids is 1. The minimum atomic E-state index is -0.498. The average Bonchev–Trinajstić information content (AvgIpc) is 2.55. The second kappa shape index (κ2) is 7.31. The van der Waals surface area contributed by atoms with Crippen LogP contribution in [0.2, 0.25) is 0 Å². The van der Waals surface area contributed by atoms with Crippen LogP contribution >= 0.6 is 0 Å². The molecule has 1 amide bonds. The first-order valence-corrected chi connectivity index (χ1v) is 7.48. The zero-order valence-corrected chi connectivity index (χ0v) is 12.8. The third-order valence-corrected chi connectivity index (χ3v) is 3.81. The third-order valence-electron chi connectivity index (χ3n) is 3.81. The molecule has 1 aromatic rings. The number of carbonyl (C=O) groups is 1. The Bertz CT molecular complexity index is 484. The second-order valence-electron chi connectivity index (χ2n) is 5.32. The highest BCUT2D eigenvalue weighted by Crippen LogP contribution is 2.25. The maximum Gasteiger partial charge on any atom is 0.263 e. The van der Waals surface area contributed by atoms with Gasteiger partial charge in [-0.25, -0.2) is 0 Å². The highest BCUT2D eigenvalue weighted by Gasteiger charge is 2.24. The van der Waals surface area contributed by atoms with E-state index in [9.17, 15) is 4.79 Å². The van der Waals surface area contributed by atoms with E-state index in [1.54, 1.807) is 20.1 Å². The number of amides is 1. The van der Waals surface area contributed by atoms with Gasteiger partial charge in [-0.3, -0.25) is 4.79 Å². The van der Waals surface area contributed by atoms with Crippen molar-refractivity contribution in [3.8, 4) is 11.5 Å². The molecule has 5 nitrogen and oxygen atoms in total. The molecule has 5 heteroatoms. The van der Waals surface area contributed by atoms with Crippen LogP contribution < -0.4 is 15.2 Å². The van der Waals surface area contributed by atoms with Crippen LogP contribution in [0.4, 0.5) is 0 Å². The number of methoxy groups -OCH3 is 1. The molecule has 0 radical (unpaired) electrons. The van der Waals surface area contributed by atoms with Gasteiger partial charge in [0.15, 0.2) is 6.10 Å². The van der Waals surface area contributed by atoms with E-state index < -0.39 is 6.10 Å². The number of benzene rings is 1. The van der Waals surface area contributed by atoms with E-state index >= 15 is 0 Å².